The third-order valence-corrected chi connectivity index (χ3v) is 3.17. The van der Waals surface area contributed by atoms with Gasteiger partial charge in [-0.3, -0.25) is 9.59 Å². The second-order valence-electron chi connectivity index (χ2n) is 5.10. The SMILES string of the molecule is CC(=O)c1ccccc1NC(=O)COC(=O)c1cccc(C)c1. The molecule has 1 amide bonds. The van der Waals surface area contributed by atoms with Gasteiger partial charge in [-0.05, 0) is 38.1 Å². The summed E-state index contributed by atoms with van der Waals surface area (Å²) in [5.74, 6) is -1.22. The lowest BCUT2D eigenvalue weighted by atomic mass is 10.1. The summed E-state index contributed by atoms with van der Waals surface area (Å²) in [6, 6.07) is 13.6. The molecule has 0 aromatic heterocycles. The molecule has 0 bridgehead atoms. The van der Waals surface area contributed by atoms with Crippen LogP contribution in [0.5, 0.6) is 0 Å². The van der Waals surface area contributed by atoms with E-state index in [1.54, 1.807) is 42.5 Å². The zero-order valence-corrected chi connectivity index (χ0v) is 13.0. The normalized spacial score (nSPS) is 10.0. The van der Waals surface area contributed by atoms with Gasteiger partial charge in [-0.25, -0.2) is 4.79 Å². The fourth-order valence-corrected chi connectivity index (χ4v) is 2.07. The minimum Gasteiger partial charge on any atom is -0.452 e. The van der Waals surface area contributed by atoms with Gasteiger partial charge >= 0.3 is 5.97 Å². The Kier molecular flexibility index (Phi) is 5.25. The van der Waals surface area contributed by atoms with Crippen molar-refractivity contribution in [1.29, 1.82) is 0 Å². The molecule has 0 atom stereocenters. The number of para-hydroxylation sites is 1. The number of ether oxygens (including phenoxy) is 1. The Morgan fingerprint density at radius 1 is 1.04 bits per heavy atom. The number of aryl methyl sites for hydroxylation is 1. The molecular weight excluding hydrogens is 294 g/mol. The lowest BCUT2D eigenvalue weighted by Crippen LogP contribution is -2.22. The quantitative estimate of drug-likeness (QED) is 0.680. The summed E-state index contributed by atoms with van der Waals surface area (Å²) in [4.78, 5) is 35.3. The largest absolute Gasteiger partial charge is 0.452 e. The van der Waals surface area contributed by atoms with Crippen LogP contribution >= 0.6 is 0 Å². The Bertz CT molecular complexity index is 752. The summed E-state index contributed by atoms with van der Waals surface area (Å²) < 4.78 is 4.98. The van der Waals surface area contributed by atoms with E-state index >= 15 is 0 Å². The number of anilines is 1. The van der Waals surface area contributed by atoms with Crippen molar-refractivity contribution in [2.45, 2.75) is 13.8 Å². The van der Waals surface area contributed by atoms with Gasteiger partial charge in [0, 0.05) is 5.56 Å². The lowest BCUT2D eigenvalue weighted by molar-refractivity contribution is -0.119. The highest BCUT2D eigenvalue weighted by atomic mass is 16.5. The van der Waals surface area contributed by atoms with Crippen LogP contribution in [0.15, 0.2) is 48.5 Å². The van der Waals surface area contributed by atoms with Crippen molar-refractivity contribution in [2.24, 2.45) is 0 Å². The smallest absolute Gasteiger partial charge is 0.338 e. The Morgan fingerprint density at radius 3 is 2.48 bits per heavy atom. The second kappa shape index (κ2) is 7.35. The van der Waals surface area contributed by atoms with Crippen LogP contribution in [0.1, 0.15) is 33.2 Å². The first-order chi connectivity index (χ1) is 11.0. The summed E-state index contributed by atoms with van der Waals surface area (Å²) in [5, 5.41) is 2.57. The first-order valence-electron chi connectivity index (χ1n) is 7.11. The van der Waals surface area contributed by atoms with Gasteiger partial charge in [0.15, 0.2) is 12.4 Å². The Hall–Kier alpha value is -2.95. The van der Waals surface area contributed by atoms with Gasteiger partial charge in [-0.1, -0.05) is 29.8 Å². The number of benzene rings is 2. The number of rotatable bonds is 5. The highest BCUT2D eigenvalue weighted by molar-refractivity contribution is 6.04. The van der Waals surface area contributed by atoms with Crippen molar-refractivity contribution in [3.8, 4) is 0 Å². The summed E-state index contributed by atoms with van der Waals surface area (Å²) in [5.41, 5.74) is 2.13. The van der Waals surface area contributed by atoms with Crippen LogP contribution in [-0.4, -0.2) is 24.3 Å². The molecule has 2 rings (SSSR count). The Balaban J connectivity index is 1.96. The van der Waals surface area contributed by atoms with E-state index in [2.05, 4.69) is 5.32 Å². The Labute approximate surface area is 134 Å². The summed E-state index contributed by atoms with van der Waals surface area (Å²) in [6.45, 7) is 2.87. The molecule has 0 aliphatic carbocycles. The minimum atomic E-state index is -0.566. The number of carbonyl (C=O) groups excluding carboxylic acids is 3. The molecule has 0 heterocycles. The van der Waals surface area contributed by atoms with Crippen LogP contribution in [0.3, 0.4) is 0 Å². The van der Waals surface area contributed by atoms with E-state index in [1.807, 2.05) is 13.0 Å². The number of carbonyl (C=O) groups is 3. The van der Waals surface area contributed by atoms with Gasteiger partial charge in [0.25, 0.3) is 5.91 Å². The van der Waals surface area contributed by atoms with Crippen molar-refractivity contribution in [3.63, 3.8) is 0 Å². The first-order valence-corrected chi connectivity index (χ1v) is 7.11. The molecule has 0 saturated heterocycles. The number of esters is 1. The molecule has 0 saturated carbocycles. The van der Waals surface area contributed by atoms with Crippen LogP contribution in [0.25, 0.3) is 0 Å². The topological polar surface area (TPSA) is 72.5 Å². The molecule has 0 fully saturated rings. The van der Waals surface area contributed by atoms with Crippen LogP contribution in [-0.2, 0) is 9.53 Å². The minimum absolute atomic E-state index is 0.155. The van der Waals surface area contributed by atoms with E-state index in [-0.39, 0.29) is 5.78 Å². The molecule has 0 aliphatic rings. The maximum absolute atomic E-state index is 11.9. The van der Waals surface area contributed by atoms with Gasteiger partial charge in [-0.2, -0.15) is 0 Å². The molecule has 0 unspecified atom stereocenters. The monoisotopic (exact) mass is 311 g/mol. The van der Waals surface area contributed by atoms with Crippen LogP contribution in [0, 0.1) is 6.92 Å². The number of Topliss-reactive ketones (excluding diaryl/α,β-unsaturated/α-hetero) is 1. The predicted octanol–water partition coefficient (Wildman–Crippen LogP) is 2.99. The number of amides is 1. The van der Waals surface area contributed by atoms with Crippen molar-refractivity contribution in [2.75, 3.05) is 11.9 Å². The fourth-order valence-electron chi connectivity index (χ4n) is 2.07. The number of hydrogen-bond donors (Lipinski definition) is 1. The van der Waals surface area contributed by atoms with Crippen molar-refractivity contribution in [3.05, 3.63) is 65.2 Å². The molecule has 23 heavy (non-hydrogen) atoms. The van der Waals surface area contributed by atoms with Gasteiger partial charge < -0.3 is 10.1 Å². The summed E-state index contributed by atoms with van der Waals surface area (Å²) >= 11 is 0. The van der Waals surface area contributed by atoms with Gasteiger partial charge in [-0.15, -0.1) is 0 Å². The zero-order valence-electron chi connectivity index (χ0n) is 13.0. The summed E-state index contributed by atoms with van der Waals surface area (Å²) in [7, 11) is 0. The van der Waals surface area contributed by atoms with E-state index < -0.39 is 18.5 Å². The van der Waals surface area contributed by atoms with Crippen LogP contribution in [0.2, 0.25) is 0 Å². The van der Waals surface area contributed by atoms with Crippen molar-refractivity contribution < 1.29 is 19.1 Å². The van der Waals surface area contributed by atoms with E-state index in [0.29, 0.717) is 16.8 Å². The second-order valence-corrected chi connectivity index (χ2v) is 5.10. The third kappa shape index (κ3) is 4.51. The molecule has 1 N–H and O–H groups in total. The third-order valence-electron chi connectivity index (χ3n) is 3.17. The average molecular weight is 311 g/mol. The van der Waals surface area contributed by atoms with Crippen LogP contribution in [0.4, 0.5) is 5.69 Å². The van der Waals surface area contributed by atoms with Crippen molar-refractivity contribution in [1.82, 2.24) is 0 Å². The fraction of sp³-hybridized carbons (Fsp3) is 0.167. The first kappa shape index (κ1) is 16.4. The average Bonchev–Trinajstić information content (AvgIpc) is 2.53. The molecule has 2 aromatic carbocycles. The number of ketones is 1. The van der Waals surface area contributed by atoms with E-state index in [4.69, 9.17) is 4.74 Å². The van der Waals surface area contributed by atoms with Gasteiger partial charge in [0.05, 0.1) is 11.3 Å². The maximum atomic E-state index is 11.9. The van der Waals surface area contributed by atoms with Crippen molar-refractivity contribution >= 4 is 23.3 Å². The Morgan fingerprint density at radius 2 is 1.78 bits per heavy atom. The molecule has 0 spiro atoms. The van der Waals surface area contributed by atoms with Gasteiger partial charge in [0.2, 0.25) is 0 Å². The lowest BCUT2D eigenvalue weighted by Gasteiger charge is -2.09. The maximum Gasteiger partial charge on any atom is 0.338 e. The molecule has 5 nitrogen and oxygen atoms in total. The predicted molar refractivity (Wildman–Crippen MR) is 86.5 cm³/mol. The molecular formula is C18H17NO4. The summed E-state index contributed by atoms with van der Waals surface area (Å²) in [6.07, 6.45) is 0. The van der Waals surface area contributed by atoms with E-state index in [0.717, 1.165) is 5.56 Å². The standard InChI is InChI=1S/C18H17NO4/c1-12-6-5-7-14(10-12)18(22)23-11-17(21)19-16-9-4-3-8-15(16)13(2)20/h3-10H,11H2,1-2H3,(H,19,21). The highest BCUT2D eigenvalue weighted by Gasteiger charge is 2.13. The molecule has 0 aliphatic heterocycles. The molecule has 118 valence electrons. The molecule has 2 aromatic rings. The molecule has 5 heteroatoms. The number of nitrogens with one attached hydrogen (secondary N) is 1. The van der Waals surface area contributed by atoms with E-state index in [9.17, 15) is 14.4 Å². The molecule has 0 radical (unpaired) electrons. The van der Waals surface area contributed by atoms with Crippen LogP contribution < -0.4 is 5.32 Å². The zero-order chi connectivity index (χ0) is 16.8. The number of hydrogen-bond acceptors (Lipinski definition) is 4. The van der Waals surface area contributed by atoms with Gasteiger partial charge in [0.1, 0.15) is 0 Å². The van der Waals surface area contributed by atoms with E-state index in [1.165, 1.54) is 6.92 Å². The highest BCUT2D eigenvalue weighted by Crippen LogP contribution is 2.15.